The van der Waals surface area contributed by atoms with Gasteiger partial charge in [-0.25, -0.2) is 14.5 Å². The average molecular weight is 290 g/mol. The minimum atomic E-state index is -1.66. The van der Waals surface area contributed by atoms with E-state index < -0.39 is 36.2 Å². The second-order valence-electron chi connectivity index (χ2n) is 4.83. The topological polar surface area (TPSA) is 133 Å². The van der Waals surface area contributed by atoms with E-state index >= 15 is 0 Å². The third kappa shape index (κ3) is 7.90. The van der Waals surface area contributed by atoms with Crippen LogP contribution in [0.4, 0.5) is 9.59 Å². The number of carbonyl (C=O) groups excluding carboxylic acids is 2. The van der Waals surface area contributed by atoms with Crippen LogP contribution in [0.2, 0.25) is 0 Å². The number of nitrogens with one attached hydrogen (secondary N) is 1. The van der Waals surface area contributed by atoms with Gasteiger partial charge in [-0.3, -0.25) is 9.59 Å². The summed E-state index contributed by atoms with van der Waals surface area (Å²) in [5, 5.41) is 19.4. The molecule has 0 aromatic heterocycles. The van der Waals surface area contributed by atoms with Crippen LogP contribution in [0.25, 0.3) is 0 Å². The Kier molecular flexibility index (Phi) is 6.47. The Balaban J connectivity index is 4.23. The number of imide groups is 1. The summed E-state index contributed by atoms with van der Waals surface area (Å²) in [6.45, 7) is 3.89. The second kappa shape index (κ2) is 7.31. The van der Waals surface area contributed by atoms with Gasteiger partial charge in [0.2, 0.25) is 5.91 Å². The summed E-state index contributed by atoms with van der Waals surface area (Å²) in [6, 6.07) is 0. The lowest BCUT2D eigenvalue weighted by Gasteiger charge is -2.20. The summed E-state index contributed by atoms with van der Waals surface area (Å²) in [5.74, 6) is -2.36. The molecule has 0 heterocycles. The first-order valence-electron chi connectivity index (χ1n) is 5.75. The molecule has 3 amide bonds. The summed E-state index contributed by atoms with van der Waals surface area (Å²) < 4.78 is 4.91. The molecule has 0 atom stereocenters. The van der Waals surface area contributed by atoms with Gasteiger partial charge in [0.05, 0.1) is 0 Å². The molecule has 0 radical (unpaired) electrons. The molecular formula is C11H18N2O7. The fraction of sp³-hybridized carbons (Fsp3) is 0.636. The minimum Gasteiger partial charge on any atom is -0.480 e. The number of hydrogen-bond donors (Lipinski definition) is 3. The van der Waals surface area contributed by atoms with Gasteiger partial charge >= 0.3 is 18.2 Å². The van der Waals surface area contributed by atoms with Crippen molar-refractivity contribution in [3.63, 3.8) is 0 Å². The maximum atomic E-state index is 11.5. The zero-order valence-electron chi connectivity index (χ0n) is 11.5. The quantitative estimate of drug-likeness (QED) is 0.671. The number of rotatable bonds is 5. The molecule has 0 saturated carbocycles. The molecular weight excluding hydrogens is 272 g/mol. The molecule has 0 spiro atoms. The number of nitrogens with zero attached hydrogens (tertiary/aromatic N) is 1. The van der Waals surface area contributed by atoms with Crippen molar-refractivity contribution in [2.24, 2.45) is 0 Å². The van der Waals surface area contributed by atoms with E-state index in [-0.39, 0.29) is 17.9 Å². The molecule has 0 saturated heterocycles. The zero-order chi connectivity index (χ0) is 15.9. The number of carbonyl (C=O) groups is 4. The molecule has 0 bridgehead atoms. The maximum absolute atomic E-state index is 11.5. The number of ether oxygens (including phenoxy) is 1. The van der Waals surface area contributed by atoms with Crippen molar-refractivity contribution in [3.05, 3.63) is 0 Å². The SMILES string of the molecule is CC(C)(C)OC(=O)NCCC(=O)N(CC(=O)O)C(=O)O. The Bertz CT molecular complexity index is 400. The average Bonchev–Trinajstić information content (AvgIpc) is 2.22. The molecule has 0 aromatic rings. The first-order valence-corrected chi connectivity index (χ1v) is 5.75. The van der Waals surface area contributed by atoms with Gasteiger partial charge < -0.3 is 20.3 Å². The van der Waals surface area contributed by atoms with E-state index in [2.05, 4.69) is 5.32 Å². The van der Waals surface area contributed by atoms with Crippen LogP contribution in [-0.2, 0) is 14.3 Å². The zero-order valence-corrected chi connectivity index (χ0v) is 11.5. The first-order chi connectivity index (χ1) is 9.03. The molecule has 114 valence electrons. The smallest absolute Gasteiger partial charge is 0.414 e. The van der Waals surface area contributed by atoms with Crippen LogP contribution in [0.15, 0.2) is 0 Å². The highest BCUT2D eigenvalue weighted by Crippen LogP contribution is 2.06. The molecule has 0 aliphatic heterocycles. The van der Waals surface area contributed by atoms with Crippen LogP contribution in [0.3, 0.4) is 0 Å². The van der Waals surface area contributed by atoms with Gasteiger partial charge in [-0.05, 0) is 20.8 Å². The highest BCUT2D eigenvalue weighted by atomic mass is 16.6. The molecule has 3 N–H and O–H groups in total. The van der Waals surface area contributed by atoms with Gasteiger partial charge in [-0.2, -0.15) is 0 Å². The third-order valence-electron chi connectivity index (χ3n) is 1.83. The lowest BCUT2D eigenvalue weighted by Crippen LogP contribution is -2.41. The Hall–Kier alpha value is -2.32. The molecule has 0 unspecified atom stereocenters. The van der Waals surface area contributed by atoms with E-state index in [1.807, 2.05) is 0 Å². The molecule has 9 heteroatoms. The molecule has 0 aliphatic rings. The van der Waals surface area contributed by atoms with Gasteiger partial charge in [0.1, 0.15) is 12.1 Å². The normalized spacial score (nSPS) is 10.6. The number of amides is 3. The predicted octanol–water partition coefficient (Wildman–Crippen LogP) is 0.492. The van der Waals surface area contributed by atoms with Crippen LogP contribution in [0.5, 0.6) is 0 Å². The summed E-state index contributed by atoms with van der Waals surface area (Å²) in [6.07, 6.45) is -2.75. The Morgan fingerprint density at radius 1 is 1.15 bits per heavy atom. The van der Waals surface area contributed by atoms with Crippen LogP contribution in [0, 0.1) is 0 Å². The van der Waals surface area contributed by atoms with Crippen LogP contribution < -0.4 is 5.32 Å². The number of hydrogen-bond acceptors (Lipinski definition) is 5. The second-order valence-corrected chi connectivity index (χ2v) is 4.83. The van der Waals surface area contributed by atoms with E-state index in [4.69, 9.17) is 14.9 Å². The maximum Gasteiger partial charge on any atom is 0.414 e. The Morgan fingerprint density at radius 2 is 1.70 bits per heavy atom. The minimum absolute atomic E-state index is 0.156. The van der Waals surface area contributed by atoms with Crippen molar-refractivity contribution in [2.45, 2.75) is 32.8 Å². The monoisotopic (exact) mass is 290 g/mol. The van der Waals surface area contributed by atoms with Crippen molar-refractivity contribution < 1.29 is 34.1 Å². The third-order valence-corrected chi connectivity index (χ3v) is 1.83. The van der Waals surface area contributed by atoms with Crippen LogP contribution >= 0.6 is 0 Å². The van der Waals surface area contributed by atoms with Crippen molar-refractivity contribution in [2.75, 3.05) is 13.1 Å². The van der Waals surface area contributed by atoms with E-state index in [9.17, 15) is 19.2 Å². The van der Waals surface area contributed by atoms with E-state index in [1.165, 1.54) is 0 Å². The molecule has 0 fully saturated rings. The van der Waals surface area contributed by atoms with E-state index in [0.29, 0.717) is 0 Å². The number of aliphatic carboxylic acids is 1. The molecule has 9 nitrogen and oxygen atoms in total. The number of carboxylic acids is 1. The summed E-state index contributed by atoms with van der Waals surface area (Å²) in [5.41, 5.74) is -0.690. The highest BCUT2D eigenvalue weighted by Gasteiger charge is 2.23. The molecule has 0 aliphatic carbocycles. The summed E-state index contributed by atoms with van der Waals surface area (Å²) in [4.78, 5) is 44.0. The summed E-state index contributed by atoms with van der Waals surface area (Å²) in [7, 11) is 0. The van der Waals surface area contributed by atoms with Crippen molar-refractivity contribution in [1.82, 2.24) is 10.2 Å². The van der Waals surface area contributed by atoms with Gasteiger partial charge in [0, 0.05) is 13.0 Å². The molecule has 0 aromatic carbocycles. The lowest BCUT2D eigenvalue weighted by molar-refractivity contribution is -0.143. The van der Waals surface area contributed by atoms with Crippen molar-refractivity contribution in [3.8, 4) is 0 Å². The van der Waals surface area contributed by atoms with Crippen molar-refractivity contribution >= 4 is 24.1 Å². The van der Waals surface area contributed by atoms with E-state index in [1.54, 1.807) is 20.8 Å². The molecule has 0 rings (SSSR count). The van der Waals surface area contributed by atoms with Crippen molar-refractivity contribution in [1.29, 1.82) is 0 Å². The Morgan fingerprint density at radius 3 is 2.10 bits per heavy atom. The number of alkyl carbamates (subject to hydrolysis) is 1. The lowest BCUT2D eigenvalue weighted by atomic mass is 10.2. The highest BCUT2D eigenvalue weighted by molar-refractivity contribution is 5.94. The van der Waals surface area contributed by atoms with Gasteiger partial charge in [0.25, 0.3) is 0 Å². The Labute approximate surface area is 115 Å². The fourth-order valence-electron chi connectivity index (χ4n) is 1.12. The standard InChI is InChI=1S/C11H18N2O7/c1-11(2,3)20-9(17)12-5-4-7(14)13(10(18)19)6-8(15)16/h4-6H2,1-3H3,(H,12,17)(H,15,16)(H,18,19). The van der Waals surface area contributed by atoms with Gasteiger partial charge in [-0.15, -0.1) is 0 Å². The predicted molar refractivity (Wildman–Crippen MR) is 66.2 cm³/mol. The molecule has 20 heavy (non-hydrogen) atoms. The van der Waals surface area contributed by atoms with Gasteiger partial charge in [-0.1, -0.05) is 0 Å². The summed E-state index contributed by atoms with van der Waals surface area (Å²) >= 11 is 0. The van der Waals surface area contributed by atoms with Crippen LogP contribution in [0.1, 0.15) is 27.2 Å². The van der Waals surface area contributed by atoms with Crippen LogP contribution in [-0.4, -0.2) is 57.9 Å². The fourth-order valence-corrected chi connectivity index (χ4v) is 1.12. The van der Waals surface area contributed by atoms with E-state index in [0.717, 1.165) is 0 Å². The first kappa shape index (κ1) is 17.7. The van der Waals surface area contributed by atoms with Gasteiger partial charge in [0.15, 0.2) is 0 Å². The largest absolute Gasteiger partial charge is 0.480 e. The number of carboxylic acid groups (broad SMARTS) is 2.